The molecule has 0 saturated heterocycles. The smallest absolute Gasteiger partial charge is 0.146 e. The predicted octanol–water partition coefficient (Wildman–Crippen LogP) is 2.06. The Morgan fingerprint density at radius 3 is 2.95 bits per heavy atom. The molecule has 0 bridgehead atoms. The number of rotatable bonds is 2. The van der Waals surface area contributed by atoms with Crippen molar-refractivity contribution in [2.45, 2.75) is 26.1 Å². The number of benzene rings is 1. The fourth-order valence-electron chi connectivity index (χ4n) is 2.44. The van der Waals surface area contributed by atoms with E-state index in [-0.39, 0.29) is 11.9 Å². The first-order valence-corrected chi connectivity index (χ1v) is 6.45. The van der Waals surface area contributed by atoms with Crippen molar-refractivity contribution >= 4 is 5.69 Å². The summed E-state index contributed by atoms with van der Waals surface area (Å²) in [4.78, 5) is 6.30. The average molecular weight is 260 g/mol. The second kappa shape index (κ2) is 4.66. The Balaban J connectivity index is 1.88. The van der Waals surface area contributed by atoms with Crippen LogP contribution >= 0.6 is 0 Å². The summed E-state index contributed by atoms with van der Waals surface area (Å²) in [5.74, 6) is 0.761. The van der Waals surface area contributed by atoms with Gasteiger partial charge in [-0.05, 0) is 24.6 Å². The molecule has 1 unspecified atom stereocenters. The maximum Gasteiger partial charge on any atom is 0.146 e. The third kappa shape index (κ3) is 2.21. The quantitative estimate of drug-likeness (QED) is 0.899. The highest BCUT2D eigenvalue weighted by molar-refractivity contribution is 5.50. The number of hydrogen-bond acceptors (Lipinski definition) is 3. The van der Waals surface area contributed by atoms with Crippen molar-refractivity contribution in [1.29, 1.82) is 0 Å². The fourth-order valence-corrected chi connectivity index (χ4v) is 2.44. The van der Waals surface area contributed by atoms with Gasteiger partial charge in [0.05, 0.1) is 12.2 Å². The summed E-state index contributed by atoms with van der Waals surface area (Å²) in [5, 5.41) is 0. The van der Waals surface area contributed by atoms with Gasteiger partial charge in [-0.25, -0.2) is 9.37 Å². The van der Waals surface area contributed by atoms with Gasteiger partial charge in [-0.3, -0.25) is 0 Å². The van der Waals surface area contributed by atoms with Crippen LogP contribution in [0.2, 0.25) is 0 Å². The molecule has 2 aromatic rings. The lowest BCUT2D eigenvalue weighted by Gasteiger charge is -2.30. The molecule has 1 aromatic carbocycles. The van der Waals surface area contributed by atoms with E-state index in [1.54, 1.807) is 6.20 Å². The van der Waals surface area contributed by atoms with E-state index in [9.17, 15) is 4.39 Å². The van der Waals surface area contributed by atoms with Crippen LogP contribution < -0.4 is 10.6 Å². The molecule has 1 atom stereocenters. The molecule has 100 valence electrons. The lowest BCUT2D eigenvalue weighted by atomic mass is 10.1. The number of anilines is 1. The molecular formula is C14H17FN4. The monoisotopic (exact) mass is 260 g/mol. The normalized spacial score (nSPS) is 16.3. The van der Waals surface area contributed by atoms with Crippen LogP contribution in [-0.4, -0.2) is 16.1 Å². The lowest BCUT2D eigenvalue weighted by molar-refractivity contribution is 0.543. The first kappa shape index (κ1) is 12.2. The number of halogens is 1. The minimum absolute atomic E-state index is 0.149. The van der Waals surface area contributed by atoms with Gasteiger partial charge in [0.1, 0.15) is 11.6 Å². The maximum absolute atomic E-state index is 14.2. The highest BCUT2D eigenvalue weighted by atomic mass is 19.1. The van der Waals surface area contributed by atoms with Gasteiger partial charge < -0.3 is 15.2 Å². The van der Waals surface area contributed by atoms with Crippen LogP contribution in [0.15, 0.2) is 30.6 Å². The summed E-state index contributed by atoms with van der Waals surface area (Å²) in [6.45, 7) is 4.12. The molecule has 0 saturated carbocycles. The van der Waals surface area contributed by atoms with E-state index in [0.29, 0.717) is 12.2 Å². The molecule has 1 aromatic heterocycles. The van der Waals surface area contributed by atoms with Crippen molar-refractivity contribution in [1.82, 2.24) is 9.55 Å². The van der Waals surface area contributed by atoms with E-state index < -0.39 is 0 Å². The molecule has 0 amide bonds. The maximum atomic E-state index is 14.2. The Labute approximate surface area is 111 Å². The molecule has 0 spiro atoms. The summed E-state index contributed by atoms with van der Waals surface area (Å²) < 4.78 is 16.3. The zero-order valence-corrected chi connectivity index (χ0v) is 10.9. The topological polar surface area (TPSA) is 47.1 Å². The van der Waals surface area contributed by atoms with Crippen molar-refractivity contribution in [3.63, 3.8) is 0 Å². The third-order valence-corrected chi connectivity index (χ3v) is 3.58. The molecule has 2 heterocycles. The molecule has 2 N–H and O–H groups in total. The van der Waals surface area contributed by atoms with Gasteiger partial charge in [0.15, 0.2) is 0 Å². The first-order valence-electron chi connectivity index (χ1n) is 6.45. The van der Waals surface area contributed by atoms with Crippen molar-refractivity contribution in [3.8, 4) is 0 Å². The Bertz CT molecular complexity index is 591. The Morgan fingerprint density at radius 1 is 1.37 bits per heavy atom. The van der Waals surface area contributed by atoms with Gasteiger partial charge in [0, 0.05) is 31.5 Å². The molecular weight excluding hydrogens is 243 g/mol. The van der Waals surface area contributed by atoms with E-state index in [1.807, 2.05) is 30.2 Å². The van der Waals surface area contributed by atoms with E-state index >= 15 is 0 Å². The molecule has 3 rings (SSSR count). The summed E-state index contributed by atoms with van der Waals surface area (Å²) in [5.41, 5.74) is 7.21. The van der Waals surface area contributed by atoms with Crippen LogP contribution in [-0.2, 0) is 13.1 Å². The minimum atomic E-state index is -0.213. The SMILES string of the molecule is CC(N)c1ccc(N2CCn3ccnc3C2)c(F)c1. The number of fused-ring (bicyclic) bond motifs is 1. The number of hydrogen-bond donors (Lipinski definition) is 1. The molecule has 1 aliphatic heterocycles. The Morgan fingerprint density at radius 2 is 2.21 bits per heavy atom. The van der Waals surface area contributed by atoms with Crippen LogP contribution in [0.5, 0.6) is 0 Å². The zero-order chi connectivity index (χ0) is 13.4. The number of aromatic nitrogens is 2. The van der Waals surface area contributed by atoms with Gasteiger partial charge in [-0.1, -0.05) is 6.07 Å². The minimum Gasteiger partial charge on any atom is -0.360 e. The van der Waals surface area contributed by atoms with E-state index in [1.165, 1.54) is 6.07 Å². The molecule has 4 nitrogen and oxygen atoms in total. The van der Waals surface area contributed by atoms with Crippen LogP contribution in [0.25, 0.3) is 0 Å². The van der Waals surface area contributed by atoms with Gasteiger partial charge in [0.25, 0.3) is 0 Å². The highest BCUT2D eigenvalue weighted by Gasteiger charge is 2.19. The van der Waals surface area contributed by atoms with Gasteiger partial charge in [-0.2, -0.15) is 0 Å². The molecule has 19 heavy (non-hydrogen) atoms. The molecule has 0 radical (unpaired) electrons. The highest BCUT2D eigenvalue weighted by Crippen LogP contribution is 2.25. The standard InChI is InChI=1S/C14H17FN4/c1-10(16)11-2-3-13(12(15)8-11)19-7-6-18-5-4-17-14(18)9-19/h2-5,8,10H,6-7,9,16H2,1H3. The molecule has 1 aliphatic rings. The molecule has 5 heteroatoms. The van der Waals surface area contributed by atoms with Crippen molar-refractivity contribution in [2.75, 3.05) is 11.4 Å². The van der Waals surface area contributed by atoms with E-state index in [2.05, 4.69) is 9.55 Å². The summed E-state index contributed by atoms with van der Waals surface area (Å²) in [7, 11) is 0. The molecule has 0 aliphatic carbocycles. The Kier molecular flexibility index (Phi) is 2.98. The first-order chi connectivity index (χ1) is 9.15. The fraction of sp³-hybridized carbons (Fsp3) is 0.357. The summed E-state index contributed by atoms with van der Waals surface area (Å²) in [6.07, 6.45) is 3.75. The molecule has 0 fully saturated rings. The summed E-state index contributed by atoms with van der Waals surface area (Å²) in [6, 6.07) is 5.08. The zero-order valence-electron chi connectivity index (χ0n) is 10.9. The Hall–Kier alpha value is -1.88. The van der Waals surface area contributed by atoms with Crippen LogP contribution in [0.3, 0.4) is 0 Å². The lowest BCUT2D eigenvalue weighted by Crippen LogP contribution is -2.34. The largest absolute Gasteiger partial charge is 0.360 e. The van der Waals surface area contributed by atoms with Crippen LogP contribution in [0, 0.1) is 5.82 Å². The number of imidazole rings is 1. The van der Waals surface area contributed by atoms with Crippen LogP contribution in [0.4, 0.5) is 10.1 Å². The number of nitrogens with zero attached hydrogens (tertiary/aromatic N) is 3. The number of nitrogens with two attached hydrogens (primary N) is 1. The van der Waals surface area contributed by atoms with Crippen molar-refractivity contribution in [3.05, 3.63) is 47.8 Å². The van der Waals surface area contributed by atoms with Gasteiger partial charge in [0.2, 0.25) is 0 Å². The van der Waals surface area contributed by atoms with Gasteiger partial charge >= 0.3 is 0 Å². The van der Waals surface area contributed by atoms with Gasteiger partial charge in [-0.15, -0.1) is 0 Å². The van der Waals surface area contributed by atoms with E-state index in [4.69, 9.17) is 5.73 Å². The van der Waals surface area contributed by atoms with Crippen molar-refractivity contribution < 1.29 is 4.39 Å². The predicted molar refractivity (Wildman–Crippen MR) is 72.3 cm³/mol. The van der Waals surface area contributed by atoms with Crippen LogP contribution in [0.1, 0.15) is 24.4 Å². The van der Waals surface area contributed by atoms with Crippen molar-refractivity contribution in [2.24, 2.45) is 5.73 Å². The third-order valence-electron chi connectivity index (χ3n) is 3.58. The average Bonchev–Trinajstić information content (AvgIpc) is 2.85. The summed E-state index contributed by atoms with van der Waals surface area (Å²) >= 11 is 0. The van der Waals surface area contributed by atoms with E-state index in [0.717, 1.165) is 24.5 Å². The second-order valence-corrected chi connectivity index (χ2v) is 4.96. The second-order valence-electron chi connectivity index (χ2n) is 4.96.